The molecule has 0 aliphatic heterocycles. The quantitative estimate of drug-likeness (QED) is 0.748. The van der Waals surface area contributed by atoms with Crippen molar-refractivity contribution in [3.05, 3.63) is 41.5 Å². The van der Waals surface area contributed by atoms with E-state index in [4.69, 9.17) is 0 Å². The highest BCUT2D eigenvalue weighted by Crippen LogP contribution is 2.31. The molecule has 1 aromatic carbocycles. The van der Waals surface area contributed by atoms with Gasteiger partial charge in [-0.25, -0.2) is 9.78 Å². The van der Waals surface area contributed by atoms with E-state index >= 15 is 0 Å². The number of aryl methyl sites for hydroxylation is 2. The number of carbonyl (C=O) groups is 1. The van der Waals surface area contributed by atoms with Crippen LogP contribution in [0, 0.1) is 6.92 Å². The molecular formula is C16H17F3N6O. The van der Waals surface area contributed by atoms with Gasteiger partial charge in [0.05, 0.1) is 40.7 Å². The van der Waals surface area contributed by atoms with Gasteiger partial charge < -0.3 is 15.2 Å². The summed E-state index contributed by atoms with van der Waals surface area (Å²) < 4.78 is 41.7. The van der Waals surface area contributed by atoms with Crippen LogP contribution in [0.3, 0.4) is 0 Å². The molecule has 26 heavy (non-hydrogen) atoms. The molecule has 0 radical (unpaired) electrons. The SMILES string of the molecule is Cc1c(NC(=O)NCc2nc3cc(C(F)(F)F)ccc3n2C)cnn1C. The number of rotatable bonds is 3. The lowest BCUT2D eigenvalue weighted by Crippen LogP contribution is -2.29. The first-order valence-corrected chi connectivity index (χ1v) is 7.73. The molecule has 0 unspecified atom stereocenters. The fourth-order valence-corrected chi connectivity index (χ4v) is 2.53. The lowest BCUT2D eigenvalue weighted by Gasteiger charge is -2.07. The Morgan fingerprint density at radius 2 is 2.00 bits per heavy atom. The van der Waals surface area contributed by atoms with Gasteiger partial charge >= 0.3 is 12.2 Å². The number of aromatic nitrogens is 4. The van der Waals surface area contributed by atoms with Crippen LogP contribution in [-0.2, 0) is 26.8 Å². The van der Waals surface area contributed by atoms with E-state index in [9.17, 15) is 18.0 Å². The van der Waals surface area contributed by atoms with Crippen molar-refractivity contribution < 1.29 is 18.0 Å². The Morgan fingerprint density at radius 1 is 1.27 bits per heavy atom. The number of halogens is 3. The molecule has 7 nitrogen and oxygen atoms in total. The summed E-state index contributed by atoms with van der Waals surface area (Å²) in [5.41, 5.74) is 1.39. The number of fused-ring (bicyclic) bond motifs is 1. The summed E-state index contributed by atoms with van der Waals surface area (Å²) in [7, 11) is 3.44. The number of anilines is 1. The van der Waals surface area contributed by atoms with E-state index in [1.54, 1.807) is 23.3 Å². The molecule has 10 heteroatoms. The summed E-state index contributed by atoms with van der Waals surface area (Å²) in [5.74, 6) is 0.442. The van der Waals surface area contributed by atoms with Crippen LogP contribution in [0.5, 0.6) is 0 Å². The Balaban J connectivity index is 1.73. The number of nitrogens with zero attached hydrogens (tertiary/aromatic N) is 4. The van der Waals surface area contributed by atoms with Crippen LogP contribution in [0.4, 0.5) is 23.7 Å². The van der Waals surface area contributed by atoms with Crippen molar-refractivity contribution in [3.8, 4) is 0 Å². The van der Waals surface area contributed by atoms with Crippen molar-refractivity contribution in [3.63, 3.8) is 0 Å². The molecule has 0 aliphatic rings. The molecule has 2 heterocycles. The minimum Gasteiger partial charge on any atom is -0.331 e. The van der Waals surface area contributed by atoms with Gasteiger partial charge in [-0.2, -0.15) is 18.3 Å². The van der Waals surface area contributed by atoms with Gasteiger partial charge in [-0.15, -0.1) is 0 Å². The second-order valence-corrected chi connectivity index (χ2v) is 5.86. The summed E-state index contributed by atoms with van der Waals surface area (Å²) >= 11 is 0. The van der Waals surface area contributed by atoms with E-state index < -0.39 is 17.8 Å². The number of carbonyl (C=O) groups excluding carboxylic acids is 1. The third-order valence-electron chi connectivity index (χ3n) is 4.19. The van der Waals surface area contributed by atoms with E-state index in [0.29, 0.717) is 17.0 Å². The Hall–Kier alpha value is -3.04. The molecule has 0 saturated heterocycles. The largest absolute Gasteiger partial charge is 0.416 e. The zero-order valence-electron chi connectivity index (χ0n) is 14.3. The van der Waals surface area contributed by atoms with E-state index in [0.717, 1.165) is 17.8 Å². The van der Waals surface area contributed by atoms with Crippen molar-refractivity contribution in [1.82, 2.24) is 24.6 Å². The Morgan fingerprint density at radius 3 is 2.62 bits per heavy atom. The topological polar surface area (TPSA) is 76.8 Å². The number of nitrogens with one attached hydrogen (secondary N) is 2. The van der Waals surface area contributed by atoms with Gasteiger partial charge in [0.15, 0.2) is 0 Å². The van der Waals surface area contributed by atoms with Crippen LogP contribution in [-0.4, -0.2) is 25.4 Å². The molecule has 138 valence electrons. The molecule has 2 amide bonds. The summed E-state index contributed by atoms with van der Waals surface area (Å²) in [6.45, 7) is 1.88. The highest BCUT2D eigenvalue weighted by Gasteiger charge is 2.31. The van der Waals surface area contributed by atoms with Crippen LogP contribution < -0.4 is 10.6 Å². The van der Waals surface area contributed by atoms with Crippen LogP contribution in [0.2, 0.25) is 0 Å². The van der Waals surface area contributed by atoms with Crippen LogP contribution >= 0.6 is 0 Å². The van der Waals surface area contributed by atoms with Crippen LogP contribution in [0.15, 0.2) is 24.4 Å². The number of urea groups is 1. The maximum atomic E-state index is 12.8. The maximum absolute atomic E-state index is 12.8. The smallest absolute Gasteiger partial charge is 0.331 e. The zero-order valence-corrected chi connectivity index (χ0v) is 14.3. The van der Waals surface area contributed by atoms with Gasteiger partial charge in [0, 0.05) is 14.1 Å². The summed E-state index contributed by atoms with van der Waals surface area (Å²) in [6.07, 6.45) is -2.89. The molecule has 3 aromatic rings. The van der Waals surface area contributed by atoms with Crippen molar-refractivity contribution in [2.75, 3.05) is 5.32 Å². The Labute approximate surface area is 146 Å². The number of imidazole rings is 1. The number of hydrogen-bond donors (Lipinski definition) is 2. The molecule has 0 saturated carbocycles. The third-order valence-corrected chi connectivity index (χ3v) is 4.19. The normalized spacial score (nSPS) is 11.8. The Bertz CT molecular complexity index is 972. The lowest BCUT2D eigenvalue weighted by molar-refractivity contribution is -0.137. The predicted molar refractivity (Wildman–Crippen MR) is 89.5 cm³/mol. The highest BCUT2D eigenvalue weighted by atomic mass is 19.4. The van der Waals surface area contributed by atoms with E-state index in [-0.39, 0.29) is 12.1 Å². The molecule has 3 rings (SSSR count). The first-order valence-electron chi connectivity index (χ1n) is 7.73. The molecule has 0 aliphatic carbocycles. The van der Waals surface area contributed by atoms with Crippen molar-refractivity contribution in [1.29, 1.82) is 0 Å². The monoisotopic (exact) mass is 366 g/mol. The van der Waals surface area contributed by atoms with Crippen LogP contribution in [0.1, 0.15) is 17.1 Å². The predicted octanol–water partition coefficient (Wildman–Crippen LogP) is 2.96. The average Bonchev–Trinajstić information content (AvgIpc) is 3.06. The van der Waals surface area contributed by atoms with Crippen LogP contribution in [0.25, 0.3) is 11.0 Å². The van der Waals surface area contributed by atoms with Gasteiger partial charge in [-0.05, 0) is 25.1 Å². The molecule has 0 spiro atoms. The molecule has 0 bridgehead atoms. The fraction of sp³-hybridized carbons (Fsp3) is 0.312. The summed E-state index contributed by atoms with van der Waals surface area (Å²) in [6, 6.07) is 2.93. The molecule has 2 aromatic heterocycles. The molecule has 2 N–H and O–H groups in total. The number of amides is 2. The summed E-state index contributed by atoms with van der Waals surface area (Å²) in [4.78, 5) is 16.2. The molecular weight excluding hydrogens is 349 g/mol. The minimum atomic E-state index is -4.43. The highest BCUT2D eigenvalue weighted by molar-refractivity contribution is 5.89. The zero-order chi connectivity index (χ0) is 19.1. The molecule has 0 fully saturated rings. The average molecular weight is 366 g/mol. The maximum Gasteiger partial charge on any atom is 0.416 e. The van der Waals surface area contributed by atoms with Gasteiger partial charge in [-0.3, -0.25) is 4.68 Å². The summed E-state index contributed by atoms with van der Waals surface area (Å²) in [5, 5.41) is 9.33. The number of hydrogen-bond acceptors (Lipinski definition) is 3. The van der Waals surface area contributed by atoms with E-state index in [1.165, 1.54) is 12.3 Å². The lowest BCUT2D eigenvalue weighted by atomic mass is 10.2. The van der Waals surface area contributed by atoms with Crippen molar-refractivity contribution in [2.45, 2.75) is 19.6 Å². The van der Waals surface area contributed by atoms with Crippen molar-refractivity contribution in [2.24, 2.45) is 14.1 Å². The third kappa shape index (κ3) is 3.35. The first-order chi connectivity index (χ1) is 12.2. The van der Waals surface area contributed by atoms with Crippen molar-refractivity contribution >= 4 is 22.8 Å². The standard InChI is InChI=1S/C16H17F3N6O/c1-9-12(7-21-25(9)3)23-15(26)20-8-14-22-11-6-10(16(17,18)19)4-5-13(11)24(14)2/h4-7H,8H2,1-3H3,(H2,20,23,26). The van der Waals surface area contributed by atoms with Gasteiger partial charge in [0.25, 0.3) is 0 Å². The Kier molecular flexibility index (Phi) is 4.34. The second kappa shape index (κ2) is 6.36. The first kappa shape index (κ1) is 17.8. The van der Waals surface area contributed by atoms with E-state index in [2.05, 4.69) is 20.7 Å². The molecule has 0 atom stereocenters. The fourth-order valence-electron chi connectivity index (χ4n) is 2.53. The minimum absolute atomic E-state index is 0.0671. The second-order valence-electron chi connectivity index (χ2n) is 5.86. The van der Waals surface area contributed by atoms with Gasteiger partial charge in [0.2, 0.25) is 0 Å². The van der Waals surface area contributed by atoms with Gasteiger partial charge in [-0.1, -0.05) is 0 Å². The van der Waals surface area contributed by atoms with Gasteiger partial charge in [0.1, 0.15) is 5.82 Å². The number of alkyl halides is 3. The number of benzene rings is 1. The van der Waals surface area contributed by atoms with E-state index in [1.807, 2.05) is 6.92 Å².